The molecule has 2 saturated heterocycles. The second-order valence-electron chi connectivity index (χ2n) is 7.15. The highest BCUT2D eigenvalue weighted by molar-refractivity contribution is 5.83. The maximum atomic E-state index is 13.1. The van der Waals surface area contributed by atoms with Crippen molar-refractivity contribution in [3.8, 4) is 0 Å². The topological polar surface area (TPSA) is 41.6 Å². The number of rotatable bonds is 3. The number of morpholine rings is 1. The van der Waals surface area contributed by atoms with Gasteiger partial charge < -0.3 is 15.0 Å². The summed E-state index contributed by atoms with van der Waals surface area (Å²) < 4.78 is 5.93. The molecule has 2 heterocycles. The van der Waals surface area contributed by atoms with Crippen LogP contribution in [-0.4, -0.2) is 48.7 Å². The molecular weight excluding hydrogens is 252 g/mol. The van der Waals surface area contributed by atoms with Crippen LogP contribution in [0.4, 0.5) is 0 Å². The zero-order valence-corrected chi connectivity index (χ0v) is 13.5. The van der Waals surface area contributed by atoms with Crippen molar-refractivity contribution in [2.24, 2.45) is 5.41 Å². The van der Waals surface area contributed by atoms with Crippen molar-refractivity contribution in [2.75, 3.05) is 26.2 Å². The van der Waals surface area contributed by atoms with Gasteiger partial charge in [0.2, 0.25) is 5.91 Å². The molecule has 4 heteroatoms. The Labute approximate surface area is 123 Å². The van der Waals surface area contributed by atoms with Crippen LogP contribution in [0.1, 0.15) is 53.4 Å². The number of carbonyl (C=O) groups excluding carboxylic acids is 1. The van der Waals surface area contributed by atoms with E-state index in [9.17, 15) is 4.79 Å². The third kappa shape index (κ3) is 3.34. The molecule has 1 unspecified atom stereocenters. The normalized spacial score (nSPS) is 29.2. The Bertz CT molecular complexity index is 343. The monoisotopic (exact) mass is 282 g/mol. The first-order chi connectivity index (χ1) is 9.38. The van der Waals surface area contributed by atoms with Crippen molar-refractivity contribution in [3.63, 3.8) is 0 Å². The van der Waals surface area contributed by atoms with Crippen LogP contribution in [0.15, 0.2) is 0 Å². The number of amides is 1. The molecule has 1 atom stereocenters. The van der Waals surface area contributed by atoms with Gasteiger partial charge >= 0.3 is 0 Å². The number of carbonyl (C=O) groups is 1. The Kier molecular flexibility index (Phi) is 4.75. The lowest BCUT2D eigenvalue weighted by Crippen LogP contribution is -2.58. The van der Waals surface area contributed by atoms with Crippen LogP contribution in [0.3, 0.4) is 0 Å². The summed E-state index contributed by atoms with van der Waals surface area (Å²) in [6.45, 7) is 11.8. The van der Waals surface area contributed by atoms with Crippen LogP contribution in [0.5, 0.6) is 0 Å². The van der Waals surface area contributed by atoms with Gasteiger partial charge in [-0.2, -0.15) is 0 Å². The fraction of sp³-hybridized carbons (Fsp3) is 0.938. The zero-order chi connectivity index (χ0) is 14.8. The molecule has 2 aliphatic heterocycles. The Morgan fingerprint density at radius 2 is 2.00 bits per heavy atom. The van der Waals surface area contributed by atoms with Crippen LogP contribution in [-0.2, 0) is 9.53 Å². The van der Waals surface area contributed by atoms with Crippen LogP contribution in [0.2, 0.25) is 0 Å². The Morgan fingerprint density at radius 1 is 1.35 bits per heavy atom. The van der Waals surface area contributed by atoms with Gasteiger partial charge in [0.15, 0.2) is 0 Å². The lowest BCUT2D eigenvalue weighted by atomic mass is 9.74. The summed E-state index contributed by atoms with van der Waals surface area (Å²) in [5, 5.41) is 3.39. The summed E-state index contributed by atoms with van der Waals surface area (Å²) in [7, 11) is 0. The van der Waals surface area contributed by atoms with E-state index in [1.807, 2.05) is 0 Å². The summed E-state index contributed by atoms with van der Waals surface area (Å²) in [4.78, 5) is 15.2. The highest BCUT2D eigenvalue weighted by Crippen LogP contribution is 2.37. The predicted octanol–water partition coefficient (Wildman–Crippen LogP) is 2.18. The van der Waals surface area contributed by atoms with E-state index in [0.717, 1.165) is 51.9 Å². The van der Waals surface area contributed by atoms with E-state index in [0.29, 0.717) is 5.91 Å². The van der Waals surface area contributed by atoms with Gasteiger partial charge in [-0.25, -0.2) is 0 Å². The second kappa shape index (κ2) is 6.02. The molecule has 2 fully saturated rings. The van der Waals surface area contributed by atoms with Crippen molar-refractivity contribution < 1.29 is 9.53 Å². The third-order valence-electron chi connectivity index (χ3n) is 4.60. The molecule has 0 spiro atoms. The molecule has 0 aromatic carbocycles. The lowest BCUT2D eigenvalue weighted by Gasteiger charge is -2.46. The number of piperidine rings is 1. The van der Waals surface area contributed by atoms with Crippen molar-refractivity contribution in [3.05, 3.63) is 0 Å². The zero-order valence-electron chi connectivity index (χ0n) is 13.5. The molecule has 1 amide bonds. The van der Waals surface area contributed by atoms with Gasteiger partial charge in [-0.3, -0.25) is 4.79 Å². The van der Waals surface area contributed by atoms with Gasteiger partial charge in [-0.15, -0.1) is 0 Å². The van der Waals surface area contributed by atoms with Crippen LogP contribution in [0, 0.1) is 5.41 Å². The minimum absolute atomic E-state index is 0.128. The van der Waals surface area contributed by atoms with Gasteiger partial charge in [0.1, 0.15) is 0 Å². The maximum Gasteiger partial charge on any atom is 0.229 e. The molecule has 0 saturated carbocycles. The van der Waals surface area contributed by atoms with Gasteiger partial charge in [-0.1, -0.05) is 13.3 Å². The number of nitrogens with one attached hydrogen (secondary N) is 1. The van der Waals surface area contributed by atoms with Gasteiger partial charge in [-0.05, 0) is 53.1 Å². The van der Waals surface area contributed by atoms with Crippen LogP contribution >= 0.6 is 0 Å². The van der Waals surface area contributed by atoms with Gasteiger partial charge in [0.05, 0.1) is 17.1 Å². The standard InChI is InChI=1S/C16H30N2O2/c1-5-6-16(7-9-17-10-8-16)14(19)18-11-13(2)20-15(3,4)12-18/h13,17H,5-12H2,1-4H3. The molecule has 20 heavy (non-hydrogen) atoms. The SMILES string of the molecule is CCCC1(C(=O)N2CC(C)OC(C)(C)C2)CCNCC1. The molecule has 0 aromatic rings. The minimum atomic E-state index is -0.229. The summed E-state index contributed by atoms with van der Waals surface area (Å²) in [6.07, 6.45) is 4.18. The van der Waals surface area contributed by atoms with E-state index in [-0.39, 0.29) is 17.1 Å². The van der Waals surface area contributed by atoms with Crippen molar-refractivity contribution >= 4 is 5.91 Å². The summed E-state index contributed by atoms with van der Waals surface area (Å²) in [5.74, 6) is 0.365. The van der Waals surface area contributed by atoms with Gasteiger partial charge in [0.25, 0.3) is 0 Å². The Morgan fingerprint density at radius 3 is 2.55 bits per heavy atom. The first kappa shape index (κ1) is 15.8. The summed E-state index contributed by atoms with van der Waals surface area (Å²) in [6, 6.07) is 0. The molecule has 4 nitrogen and oxygen atoms in total. The molecule has 2 aliphatic rings. The molecule has 116 valence electrons. The summed E-state index contributed by atoms with van der Waals surface area (Å²) >= 11 is 0. The maximum absolute atomic E-state index is 13.1. The molecule has 0 bridgehead atoms. The number of hydrogen-bond acceptors (Lipinski definition) is 3. The number of nitrogens with zero attached hydrogens (tertiary/aromatic N) is 1. The summed E-state index contributed by atoms with van der Waals surface area (Å²) in [5.41, 5.74) is -0.360. The molecule has 0 aliphatic carbocycles. The minimum Gasteiger partial charge on any atom is -0.369 e. The van der Waals surface area contributed by atoms with Gasteiger partial charge in [0, 0.05) is 13.1 Å². The molecule has 0 radical (unpaired) electrons. The van der Waals surface area contributed by atoms with Crippen molar-refractivity contribution in [1.29, 1.82) is 0 Å². The fourth-order valence-corrected chi connectivity index (χ4v) is 3.90. The first-order valence-electron chi connectivity index (χ1n) is 8.06. The quantitative estimate of drug-likeness (QED) is 0.862. The molecule has 1 N–H and O–H groups in total. The van der Waals surface area contributed by atoms with E-state index < -0.39 is 0 Å². The van der Waals surface area contributed by atoms with Crippen LogP contribution < -0.4 is 5.32 Å². The average Bonchev–Trinajstić information content (AvgIpc) is 2.37. The first-order valence-corrected chi connectivity index (χ1v) is 8.06. The van der Waals surface area contributed by atoms with E-state index >= 15 is 0 Å². The number of hydrogen-bond donors (Lipinski definition) is 1. The fourth-order valence-electron chi connectivity index (χ4n) is 3.90. The van der Waals surface area contributed by atoms with Crippen molar-refractivity contribution in [1.82, 2.24) is 10.2 Å². The largest absolute Gasteiger partial charge is 0.369 e. The smallest absolute Gasteiger partial charge is 0.229 e. The highest BCUT2D eigenvalue weighted by Gasteiger charge is 2.44. The predicted molar refractivity (Wildman–Crippen MR) is 80.7 cm³/mol. The lowest BCUT2D eigenvalue weighted by molar-refractivity contribution is -0.168. The van der Waals surface area contributed by atoms with Crippen LogP contribution in [0.25, 0.3) is 0 Å². The van der Waals surface area contributed by atoms with E-state index in [2.05, 4.69) is 37.9 Å². The Hall–Kier alpha value is -0.610. The van der Waals surface area contributed by atoms with Crippen molar-refractivity contribution in [2.45, 2.75) is 65.1 Å². The van der Waals surface area contributed by atoms with E-state index in [1.165, 1.54) is 0 Å². The van der Waals surface area contributed by atoms with E-state index in [1.54, 1.807) is 0 Å². The molecule has 0 aromatic heterocycles. The van der Waals surface area contributed by atoms with E-state index in [4.69, 9.17) is 4.74 Å². The Balaban J connectivity index is 2.14. The number of ether oxygens (including phenoxy) is 1. The molecule has 2 rings (SSSR count). The third-order valence-corrected chi connectivity index (χ3v) is 4.60. The molecular formula is C16H30N2O2. The highest BCUT2D eigenvalue weighted by atomic mass is 16.5. The average molecular weight is 282 g/mol. The second-order valence-corrected chi connectivity index (χ2v) is 7.15.